The second kappa shape index (κ2) is 8.78. The summed E-state index contributed by atoms with van der Waals surface area (Å²) in [5, 5.41) is 0.334. The van der Waals surface area contributed by atoms with E-state index in [9.17, 15) is 9.18 Å². The lowest BCUT2D eigenvalue weighted by atomic mass is 10.1. The molecule has 0 spiro atoms. The van der Waals surface area contributed by atoms with E-state index in [0.717, 1.165) is 5.57 Å². The van der Waals surface area contributed by atoms with E-state index in [1.54, 1.807) is 29.3 Å². The predicted octanol–water partition coefficient (Wildman–Crippen LogP) is 4.87. The van der Waals surface area contributed by atoms with Crippen molar-refractivity contribution in [2.45, 2.75) is 39.4 Å². The molecule has 154 valence electrons. The van der Waals surface area contributed by atoms with Gasteiger partial charge in [0.05, 0.1) is 0 Å². The van der Waals surface area contributed by atoms with E-state index in [2.05, 4.69) is 9.97 Å². The van der Waals surface area contributed by atoms with Crippen LogP contribution in [0.2, 0.25) is 5.02 Å². The molecule has 29 heavy (non-hydrogen) atoms. The van der Waals surface area contributed by atoms with Crippen LogP contribution in [0.1, 0.15) is 38.6 Å². The van der Waals surface area contributed by atoms with Crippen LogP contribution in [0.25, 0.3) is 5.57 Å². The summed E-state index contributed by atoms with van der Waals surface area (Å²) >= 11 is 5.76. The lowest BCUT2D eigenvalue weighted by molar-refractivity contribution is 0.0270. The molecular weight excluding hydrogens is 397 g/mol. The van der Waals surface area contributed by atoms with E-state index in [0.29, 0.717) is 41.8 Å². The Morgan fingerprint density at radius 1 is 1.31 bits per heavy atom. The Kier molecular flexibility index (Phi) is 6.37. The quantitative estimate of drug-likeness (QED) is 0.707. The third-order valence-electron chi connectivity index (χ3n) is 4.17. The number of halogens is 2. The van der Waals surface area contributed by atoms with Gasteiger partial charge in [0, 0.05) is 35.9 Å². The molecule has 0 fully saturated rings. The first-order chi connectivity index (χ1) is 13.7. The van der Waals surface area contributed by atoms with Crippen molar-refractivity contribution < 1.29 is 18.7 Å². The van der Waals surface area contributed by atoms with Crippen molar-refractivity contribution >= 4 is 23.3 Å². The molecular formula is C21H23ClFN3O3. The van der Waals surface area contributed by atoms with Crippen molar-refractivity contribution in [3.8, 4) is 5.88 Å². The average Bonchev–Trinajstić information content (AvgIpc) is 2.66. The summed E-state index contributed by atoms with van der Waals surface area (Å²) < 4.78 is 24.9. The summed E-state index contributed by atoms with van der Waals surface area (Å²) in [7, 11) is 0. The van der Waals surface area contributed by atoms with E-state index in [1.807, 2.05) is 26.8 Å². The van der Waals surface area contributed by atoms with Crippen LogP contribution in [-0.4, -0.2) is 39.7 Å². The van der Waals surface area contributed by atoms with Gasteiger partial charge >= 0.3 is 6.09 Å². The minimum absolute atomic E-state index is 0.0327. The fraction of sp³-hybridized carbons (Fsp3) is 0.381. The molecule has 0 N–H and O–H groups in total. The molecule has 0 bridgehead atoms. The summed E-state index contributed by atoms with van der Waals surface area (Å²) in [6.07, 6.45) is 3.77. The summed E-state index contributed by atoms with van der Waals surface area (Å²) in [6.45, 7) is 6.49. The molecule has 0 saturated carbocycles. The van der Waals surface area contributed by atoms with Crippen molar-refractivity contribution in [1.82, 2.24) is 14.9 Å². The summed E-state index contributed by atoms with van der Waals surface area (Å²) in [5.41, 5.74) is 0.784. The molecule has 8 heteroatoms. The fourth-order valence-corrected chi connectivity index (χ4v) is 2.89. The van der Waals surface area contributed by atoms with Gasteiger partial charge in [-0.25, -0.2) is 14.2 Å². The number of ether oxygens (including phenoxy) is 2. The summed E-state index contributed by atoms with van der Waals surface area (Å²) in [4.78, 5) is 22.5. The van der Waals surface area contributed by atoms with Crippen LogP contribution in [0, 0.1) is 5.82 Å². The Morgan fingerprint density at radius 3 is 2.76 bits per heavy atom. The SMILES string of the molecule is CC(C)(C)OC(=O)N1CC=C(c2nccc(OCc3ccc(Cl)cc3F)n2)CC1. The maximum Gasteiger partial charge on any atom is 0.410 e. The van der Waals surface area contributed by atoms with E-state index in [4.69, 9.17) is 21.1 Å². The second-order valence-corrected chi connectivity index (χ2v) is 8.09. The molecule has 6 nitrogen and oxygen atoms in total. The molecule has 0 radical (unpaired) electrons. The van der Waals surface area contributed by atoms with Gasteiger partial charge in [-0.3, -0.25) is 0 Å². The topological polar surface area (TPSA) is 64.5 Å². The highest BCUT2D eigenvalue weighted by atomic mass is 35.5. The highest BCUT2D eigenvalue weighted by Gasteiger charge is 2.24. The van der Waals surface area contributed by atoms with Crippen molar-refractivity contribution in [3.63, 3.8) is 0 Å². The van der Waals surface area contributed by atoms with Crippen molar-refractivity contribution in [2.75, 3.05) is 13.1 Å². The molecule has 3 rings (SSSR count). The van der Waals surface area contributed by atoms with Crippen molar-refractivity contribution in [1.29, 1.82) is 0 Å². The Bertz CT molecular complexity index is 928. The zero-order chi connectivity index (χ0) is 21.0. The van der Waals surface area contributed by atoms with Gasteiger partial charge < -0.3 is 14.4 Å². The molecule has 1 aliphatic heterocycles. The summed E-state index contributed by atoms with van der Waals surface area (Å²) in [5.74, 6) is 0.451. The van der Waals surface area contributed by atoms with Gasteiger partial charge in [-0.05, 0) is 44.9 Å². The normalized spacial score (nSPS) is 14.4. The second-order valence-electron chi connectivity index (χ2n) is 7.65. The molecule has 2 aromatic rings. The molecule has 0 unspecified atom stereocenters. The van der Waals surface area contributed by atoms with E-state index in [1.165, 1.54) is 6.07 Å². The zero-order valence-electron chi connectivity index (χ0n) is 16.6. The standard InChI is InChI=1S/C21H23ClFN3O3/c1-21(2,3)29-20(27)26-10-7-14(8-11-26)19-24-9-6-18(25-19)28-13-15-4-5-16(22)12-17(15)23/h4-7,9,12H,8,10-11,13H2,1-3H3. The molecule has 0 atom stereocenters. The average molecular weight is 420 g/mol. The van der Waals surface area contributed by atoms with Gasteiger partial charge in [0.25, 0.3) is 0 Å². The maximum atomic E-state index is 13.9. The third kappa shape index (κ3) is 5.90. The number of nitrogens with zero attached hydrogens (tertiary/aromatic N) is 3. The molecule has 1 aliphatic rings. The van der Waals surface area contributed by atoms with Crippen LogP contribution in [0.4, 0.5) is 9.18 Å². The number of hydrogen-bond donors (Lipinski definition) is 0. The van der Waals surface area contributed by atoms with Crippen LogP contribution in [0.15, 0.2) is 36.5 Å². The van der Waals surface area contributed by atoms with Gasteiger partial charge in [-0.2, -0.15) is 4.98 Å². The van der Waals surface area contributed by atoms with Crippen LogP contribution in [0.3, 0.4) is 0 Å². The Labute approximate surface area is 174 Å². The van der Waals surface area contributed by atoms with Crippen LogP contribution < -0.4 is 4.74 Å². The molecule has 0 saturated heterocycles. The fourth-order valence-electron chi connectivity index (χ4n) is 2.73. The maximum absolute atomic E-state index is 13.9. The predicted molar refractivity (Wildman–Crippen MR) is 108 cm³/mol. The molecule has 1 amide bonds. The van der Waals surface area contributed by atoms with Gasteiger partial charge in [-0.15, -0.1) is 0 Å². The van der Waals surface area contributed by atoms with Crippen molar-refractivity contribution in [2.24, 2.45) is 0 Å². The minimum atomic E-state index is -0.528. The number of aromatic nitrogens is 2. The first-order valence-corrected chi connectivity index (χ1v) is 9.66. The number of hydrogen-bond acceptors (Lipinski definition) is 5. The molecule has 2 heterocycles. The number of rotatable bonds is 4. The molecule has 1 aromatic carbocycles. The van der Waals surface area contributed by atoms with Crippen LogP contribution in [-0.2, 0) is 11.3 Å². The smallest absolute Gasteiger partial charge is 0.410 e. The minimum Gasteiger partial charge on any atom is -0.473 e. The first-order valence-electron chi connectivity index (χ1n) is 9.28. The van der Waals surface area contributed by atoms with Gasteiger partial charge in [0.15, 0.2) is 5.82 Å². The van der Waals surface area contributed by atoms with E-state index < -0.39 is 11.4 Å². The highest BCUT2D eigenvalue weighted by Crippen LogP contribution is 2.23. The first kappa shape index (κ1) is 21.0. The highest BCUT2D eigenvalue weighted by molar-refractivity contribution is 6.30. The lowest BCUT2D eigenvalue weighted by Gasteiger charge is -2.29. The van der Waals surface area contributed by atoms with Gasteiger partial charge in [0.1, 0.15) is 18.0 Å². The largest absolute Gasteiger partial charge is 0.473 e. The third-order valence-corrected chi connectivity index (χ3v) is 4.40. The van der Waals surface area contributed by atoms with Crippen LogP contribution in [0.5, 0.6) is 5.88 Å². The zero-order valence-corrected chi connectivity index (χ0v) is 17.4. The Balaban J connectivity index is 1.63. The number of carbonyl (C=O) groups is 1. The summed E-state index contributed by atoms with van der Waals surface area (Å²) in [6, 6.07) is 6.05. The van der Waals surface area contributed by atoms with Crippen LogP contribution >= 0.6 is 11.6 Å². The Morgan fingerprint density at radius 2 is 2.10 bits per heavy atom. The number of benzene rings is 1. The lowest BCUT2D eigenvalue weighted by Crippen LogP contribution is -2.39. The monoisotopic (exact) mass is 419 g/mol. The number of amides is 1. The van der Waals surface area contributed by atoms with Gasteiger partial charge in [-0.1, -0.05) is 23.7 Å². The van der Waals surface area contributed by atoms with Gasteiger partial charge in [0.2, 0.25) is 5.88 Å². The molecule has 1 aromatic heterocycles. The van der Waals surface area contributed by atoms with E-state index in [-0.39, 0.29) is 12.7 Å². The number of carbonyl (C=O) groups excluding carboxylic acids is 1. The van der Waals surface area contributed by atoms with E-state index >= 15 is 0 Å². The molecule has 0 aliphatic carbocycles. The Hall–Kier alpha value is -2.67. The van der Waals surface area contributed by atoms with Crippen molar-refractivity contribution in [3.05, 3.63) is 58.8 Å².